The number of para-hydroxylation sites is 1. The van der Waals surface area contributed by atoms with Crippen molar-refractivity contribution < 1.29 is 17.9 Å². The molecule has 0 saturated carbocycles. The van der Waals surface area contributed by atoms with Gasteiger partial charge in [0.05, 0.1) is 18.8 Å². The molecule has 1 atom stereocenters. The minimum Gasteiger partial charge on any atom is -0.385 e. The van der Waals surface area contributed by atoms with Crippen LogP contribution in [0, 0.1) is 0 Å². The summed E-state index contributed by atoms with van der Waals surface area (Å²) in [5, 5.41) is 10.1. The molecule has 2 heterocycles. The molecule has 0 aromatic heterocycles. The van der Waals surface area contributed by atoms with Gasteiger partial charge in [0.1, 0.15) is 12.0 Å². The third-order valence-electron chi connectivity index (χ3n) is 6.68. The monoisotopic (exact) mass is 551 g/mol. The SMILES string of the molecule is C=C/C=C\C1=C(CN2CCOCC2)NC(c2ccccc2C(F)(F)F)N=C1NC(=C)c1ccccc1NCCC. The molecule has 0 bridgehead atoms. The van der Waals surface area contributed by atoms with Crippen molar-refractivity contribution in [1.82, 2.24) is 15.5 Å². The first-order valence-electron chi connectivity index (χ1n) is 13.4. The van der Waals surface area contributed by atoms with Gasteiger partial charge < -0.3 is 20.7 Å². The molecule has 2 aromatic carbocycles. The first-order valence-corrected chi connectivity index (χ1v) is 13.4. The van der Waals surface area contributed by atoms with E-state index in [4.69, 9.17) is 9.73 Å². The van der Waals surface area contributed by atoms with Crippen LogP contribution in [0.5, 0.6) is 0 Å². The largest absolute Gasteiger partial charge is 0.416 e. The molecule has 4 rings (SSSR count). The zero-order valence-corrected chi connectivity index (χ0v) is 22.7. The lowest BCUT2D eigenvalue weighted by molar-refractivity contribution is -0.138. The highest BCUT2D eigenvalue weighted by atomic mass is 19.4. The summed E-state index contributed by atoms with van der Waals surface area (Å²) in [6.45, 7) is 14.1. The fraction of sp³-hybridized carbons (Fsp3) is 0.323. The molecule has 0 spiro atoms. The molecule has 3 N–H and O–H groups in total. The van der Waals surface area contributed by atoms with E-state index in [1.165, 1.54) is 12.1 Å². The molecule has 9 heteroatoms. The zero-order chi connectivity index (χ0) is 28.5. The maximum atomic E-state index is 14.0. The van der Waals surface area contributed by atoms with E-state index in [2.05, 4.69) is 40.9 Å². The van der Waals surface area contributed by atoms with E-state index < -0.39 is 17.9 Å². The molecule has 212 valence electrons. The number of ether oxygens (including phenoxy) is 1. The van der Waals surface area contributed by atoms with Gasteiger partial charge in [0.25, 0.3) is 0 Å². The third-order valence-corrected chi connectivity index (χ3v) is 6.68. The number of aliphatic imine (C=N–C) groups is 1. The number of halogens is 3. The summed E-state index contributed by atoms with van der Waals surface area (Å²) < 4.78 is 47.6. The minimum atomic E-state index is -4.52. The Bertz CT molecular complexity index is 1290. The molecule has 2 aliphatic rings. The van der Waals surface area contributed by atoms with Gasteiger partial charge in [-0.1, -0.05) is 68.6 Å². The van der Waals surface area contributed by atoms with Crippen LogP contribution in [0.4, 0.5) is 18.9 Å². The summed E-state index contributed by atoms with van der Waals surface area (Å²) in [5.41, 5.74) is 3.16. The van der Waals surface area contributed by atoms with Crippen molar-refractivity contribution in [2.24, 2.45) is 4.99 Å². The molecular weight excluding hydrogens is 515 g/mol. The first kappa shape index (κ1) is 29.2. The second kappa shape index (κ2) is 13.5. The van der Waals surface area contributed by atoms with Crippen molar-refractivity contribution in [1.29, 1.82) is 0 Å². The minimum absolute atomic E-state index is 0.0520. The summed E-state index contributed by atoms with van der Waals surface area (Å²) in [5.74, 6) is 0.428. The molecule has 1 unspecified atom stereocenters. The average molecular weight is 552 g/mol. The van der Waals surface area contributed by atoms with E-state index in [1.807, 2.05) is 30.3 Å². The van der Waals surface area contributed by atoms with Crippen LogP contribution < -0.4 is 16.0 Å². The zero-order valence-electron chi connectivity index (χ0n) is 22.7. The lowest BCUT2D eigenvalue weighted by Gasteiger charge is -2.34. The number of hydrogen-bond donors (Lipinski definition) is 3. The van der Waals surface area contributed by atoms with Crippen LogP contribution in [0.15, 0.2) is 96.2 Å². The Morgan fingerprint density at radius 2 is 1.88 bits per heavy atom. The Morgan fingerprint density at radius 1 is 1.15 bits per heavy atom. The smallest absolute Gasteiger partial charge is 0.385 e. The number of hydrogen-bond acceptors (Lipinski definition) is 6. The van der Waals surface area contributed by atoms with E-state index in [0.717, 1.165) is 54.6 Å². The highest BCUT2D eigenvalue weighted by Gasteiger charge is 2.36. The van der Waals surface area contributed by atoms with Crippen LogP contribution in [0.1, 0.15) is 36.2 Å². The topological polar surface area (TPSA) is 60.9 Å². The molecule has 0 aliphatic carbocycles. The normalized spacial score (nSPS) is 18.3. The Hall–Kier alpha value is -3.82. The molecular formula is C31H36F3N5O. The molecule has 40 heavy (non-hydrogen) atoms. The number of allylic oxidation sites excluding steroid dienone is 2. The number of alkyl halides is 3. The van der Waals surface area contributed by atoms with Gasteiger partial charge in [-0.3, -0.25) is 4.90 Å². The van der Waals surface area contributed by atoms with Gasteiger partial charge >= 0.3 is 6.18 Å². The van der Waals surface area contributed by atoms with Crippen LogP contribution in [0.2, 0.25) is 0 Å². The highest BCUT2D eigenvalue weighted by molar-refractivity contribution is 6.06. The molecule has 0 amide bonds. The molecule has 1 saturated heterocycles. The number of benzene rings is 2. The quantitative estimate of drug-likeness (QED) is 0.311. The molecule has 1 fully saturated rings. The highest BCUT2D eigenvalue weighted by Crippen LogP contribution is 2.36. The number of nitrogens with zero attached hydrogens (tertiary/aromatic N) is 2. The number of amidine groups is 1. The van der Waals surface area contributed by atoms with Gasteiger partial charge in [0.15, 0.2) is 0 Å². The van der Waals surface area contributed by atoms with Crippen LogP contribution in [-0.2, 0) is 10.9 Å². The predicted molar refractivity (Wildman–Crippen MR) is 156 cm³/mol. The molecule has 2 aromatic rings. The van der Waals surface area contributed by atoms with Gasteiger partial charge in [-0.25, -0.2) is 4.99 Å². The summed E-state index contributed by atoms with van der Waals surface area (Å²) in [6.07, 6.45) is 0.779. The van der Waals surface area contributed by atoms with Gasteiger partial charge in [0, 0.05) is 60.0 Å². The van der Waals surface area contributed by atoms with Crippen molar-refractivity contribution in [3.63, 3.8) is 0 Å². The maximum Gasteiger partial charge on any atom is 0.416 e. The lowest BCUT2D eigenvalue weighted by Crippen LogP contribution is -2.43. The fourth-order valence-corrected chi connectivity index (χ4v) is 4.68. The van der Waals surface area contributed by atoms with Crippen LogP contribution in [-0.4, -0.2) is 50.1 Å². The maximum absolute atomic E-state index is 14.0. The number of nitrogens with one attached hydrogen (secondary N) is 3. The Kier molecular flexibility index (Phi) is 9.84. The van der Waals surface area contributed by atoms with Crippen molar-refractivity contribution >= 4 is 17.2 Å². The summed E-state index contributed by atoms with van der Waals surface area (Å²) in [4.78, 5) is 7.00. The van der Waals surface area contributed by atoms with Gasteiger partial charge in [-0.2, -0.15) is 13.2 Å². The predicted octanol–water partition coefficient (Wildman–Crippen LogP) is 6.12. The summed E-state index contributed by atoms with van der Waals surface area (Å²) in [6, 6.07) is 13.3. The van der Waals surface area contributed by atoms with Crippen LogP contribution >= 0.6 is 0 Å². The number of rotatable bonds is 10. The van der Waals surface area contributed by atoms with Crippen molar-refractivity contribution in [2.75, 3.05) is 44.7 Å². The van der Waals surface area contributed by atoms with E-state index in [9.17, 15) is 13.2 Å². The Balaban J connectivity index is 1.78. The van der Waals surface area contributed by atoms with E-state index in [1.54, 1.807) is 18.2 Å². The molecule has 0 radical (unpaired) electrons. The molecule has 2 aliphatic heterocycles. The van der Waals surface area contributed by atoms with Gasteiger partial charge in [0.2, 0.25) is 0 Å². The van der Waals surface area contributed by atoms with Crippen molar-refractivity contribution in [3.8, 4) is 0 Å². The fourth-order valence-electron chi connectivity index (χ4n) is 4.68. The second-order valence-electron chi connectivity index (χ2n) is 9.56. The van der Waals surface area contributed by atoms with E-state index in [0.29, 0.717) is 31.3 Å². The van der Waals surface area contributed by atoms with E-state index in [-0.39, 0.29) is 5.56 Å². The summed E-state index contributed by atoms with van der Waals surface area (Å²) >= 11 is 0. The lowest BCUT2D eigenvalue weighted by atomic mass is 10.0. The number of anilines is 1. The van der Waals surface area contributed by atoms with Gasteiger partial charge in [-0.15, -0.1) is 0 Å². The summed E-state index contributed by atoms with van der Waals surface area (Å²) in [7, 11) is 0. The van der Waals surface area contributed by atoms with Crippen LogP contribution in [0.25, 0.3) is 5.70 Å². The van der Waals surface area contributed by atoms with Crippen LogP contribution in [0.3, 0.4) is 0 Å². The Morgan fingerprint density at radius 3 is 2.60 bits per heavy atom. The second-order valence-corrected chi connectivity index (χ2v) is 9.56. The standard InChI is InChI=1S/C31H36F3N5O/c1-4-6-11-25-28(21-39-17-19-40-20-18-39)37-29(24-13-7-9-14-26(24)31(32,33)34)38-30(25)36-22(3)23-12-8-10-15-27(23)35-16-5-2/h4,6-15,29,35,37H,1,3,5,16-21H2,2H3,(H,36,38)/b11-6-. The van der Waals surface area contributed by atoms with Crippen molar-refractivity contribution in [3.05, 3.63) is 108 Å². The molecule has 6 nitrogen and oxygen atoms in total. The van der Waals surface area contributed by atoms with Crippen molar-refractivity contribution in [2.45, 2.75) is 25.7 Å². The first-order chi connectivity index (χ1) is 19.3. The average Bonchev–Trinajstić information content (AvgIpc) is 2.95. The third kappa shape index (κ3) is 7.22. The Labute approximate surface area is 234 Å². The van der Waals surface area contributed by atoms with Gasteiger partial charge in [-0.05, 0) is 24.6 Å². The van der Waals surface area contributed by atoms with E-state index >= 15 is 0 Å². The number of morpholine rings is 1.